The third-order valence-corrected chi connectivity index (χ3v) is 5.10. The van der Waals surface area contributed by atoms with Crippen LogP contribution in [-0.4, -0.2) is 9.13 Å². The average molecular weight is 401 g/mol. The molecule has 4 nitrogen and oxygen atoms in total. The summed E-state index contributed by atoms with van der Waals surface area (Å²) in [4.78, 5) is 26.0. The molecular formula is C24H17ClN2O2. The molecule has 4 aromatic rings. The first kappa shape index (κ1) is 18.8. The highest BCUT2D eigenvalue weighted by atomic mass is 35.5. The molecule has 0 amide bonds. The summed E-state index contributed by atoms with van der Waals surface area (Å²) in [7, 11) is 1.65. The van der Waals surface area contributed by atoms with Crippen LogP contribution in [0.3, 0.4) is 0 Å². The third-order valence-electron chi connectivity index (χ3n) is 4.80. The van der Waals surface area contributed by atoms with Crippen molar-refractivity contribution in [1.82, 2.24) is 9.13 Å². The molecule has 1 aromatic heterocycles. The Balaban J connectivity index is 1.87. The predicted molar refractivity (Wildman–Crippen MR) is 117 cm³/mol. The van der Waals surface area contributed by atoms with Gasteiger partial charge >= 0.3 is 5.69 Å². The molecule has 0 aliphatic heterocycles. The molecule has 5 heteroatoms. The summed E-state index contributed by atoms with van der Waals surface area (Å²) in [6.07, 6.45) is 0. The van der Waals surface area contributed by atoms with Gasteiger partial charge in [0.05, 0.1) is 21.6 Å². The van der Waals surface area contributed by atoms with Crippen LogP contribution >= 0.6 is 11.6 Å². The minimum absolute atomic E-state index is 0.288. The number of fused-ring (bicyclic) bond motifs is 1. The van der Waals surface area contributed by atoms with Crippen LogP contribution in [0.4, 0.5) is 0 Å². The number of rotatable bonds is 1. The molecule has 0 fully saturated rings. The zero-order valence-corrected chi connectivity index (χ0v) is 16.7. The van der Waals surface area contributed by atoms with E-state index in [-0.39, 0.29) is 5.02 Å². The van der Waals surface area contributed by atoms with Crippen molar-refractivity contribution in [3.05, 3.63) is 109 Å². The summed E-state index contributed by atoms with van der Waals surface area (Å²) in [6, 6.07) is 20.1. The Morgan fingerprint density at radius 2 is 1.59 bits per heavy atom. The van der Waals surface area contributed by atoms with Gasteiger partial charge in [0.25, 0.3) is 5.56 Å². The second-order valence-corrected chi connectivity index (χ2v) is 7.14. The van der Waals surface area contributed by atoms with Gasteiger partial charge in [0.15, 0.2) is 0 Å². The molecule has 0 aliphatic rings. The number of nitrogens with zero attached hydrogens (tertiary/aromatic N) is 2. The first-order chi connectivity index (χ1) is 14.0. The molecule has 29 heavy (non-hydrogen) atoms. The predicted octanol–water partition coefficient (Wildman–Crippen LogP) is 4.05. The molecule has 0 atom stereocenters. The van der Waals surface area contributed by atoms with E-state index in [9.17, 15) is 9.59 Å². The Morgan fingerprint density at radius 1 is 0.862 bits per heavy atom. The van der Waals surface area contributed by atoms with E-state index in [1.54, 1.807) is 37.4 Å². The van der Waals surface area contributed by atoms with E-state index in [0.717, 1.165) is 15.7 Å². The van der Waals surface area contributed by atoms with Crippen molar-refractivity contribution in [3.63, 3.8) is 0 Å². The van der Waals surface area contributed by atoms with Crippen molar-refractivity contribution in [2.45, 2.75) is 6.92 Å². The standard InChI is InChI=1S/C24H17ClN2O2/c1-16-7-6-10-19-22(16)26(2)24(29)27(23(19)28)21-14-13-18(15-20(21)25)12-11-17-8-4-3-5-9-17/h3-10,13-15H,1-2H3. The number of aromatic nitrogens is 2. The maximum absolute atomic E-state index is 13.1. The minimum atomic E-state index is -0.443. The summed E-state index contributed by atoms with van der Waals surface area (Å²) in [5.41, 5.74) is 2.58. The SMILES string of the molecule is Cc1cccc2c(=O)n(-c3ccc(C#Cc4ccccc4)cc3Cl)c(=O)n(C)c12. The summed E-state index contributed by atoms with van der Waals surface area (Å²) in [6.45, 7) is 1.87. The summed E-state index contributed by atoms with van der Waals surface area (Å²) >= 11 is 6.45. The van der Waals surface area contributed by atoms with Crippen molar-refractivity contribution >= 4 is 22.5 Å². The van der Waals surface area contributed by atoms with Crippen LogP contribution in [0.15, 0.2) is 76.3 Å². The molecule has 0 bridgehead atoms. The Bertz CT molecular complexity index is 1420. The van der Waals surface area contributed by atoms with Crippen LogP contribution in [0, 0.1) is 18.8 Å². The molecule has 0 saturated carbocycles. The fraction of sp³-hybridized carbons (Fsp3) is 0.0833. The van der Waals surface area contributed by atoms with Gasteiger partial charge in [0, 0.05) is 18.2 Å². The van der Waals surface area contributed by atoms with Gasteiger partial charge in [-0.3, -0.25) is 9.36 Å². The molecule has 0 spiro atoms. The van der Waals surface area contributed by atoms with E-state index in [1.807, 2.05) is 43.3 Å². The highest BCUT2D eigenvalue weighted by Crippen LogP contribution is 2.21. The first-order valence-electron chi connectivity index (χ1n) is 9.06. The van der Waals surface area contributed by atoms with E-state index in [0.29, 0.717) is 22.2 Å². The fourth-order valence-corrected chi connectivity index (χ4v) is 3.64. The summed E-state index contributed by atoms with van der Waals surface area (Å²) in [5.74, 6) is 6.12. The quantitative estimate of drug-likeness (QED) is 0.452. The summed E-state index contributed by atoms with van der Waals surface area (Å²) in [5, 5.41) is 0.757. The number of hydrogen-bond acceptors (Lipinski definition) is 2. The molecule has 0 aliphatic carbocycles. The Hall–Kier alpha value is -3.55. The van der Waals surface area contributed by atoms with E-state index in [4.69, 9.17) is 11.6 Å². The Kier molecular flexibility index (Phi) is 4.84. The molecule has 1 heterocycles. The molecular weight excluding hydrogens is 384 g/mol. The lowest BCUT2D eigenvalue weighted by atomic mass is 10.1. The van der Waals surface area contributed by atoms with E-state index >= 15 is 0 Å². The zero-order chi connectivity index (χ0) is 20.5. The molecule has 0 N–H and O–H groups in total. The molecule has 0 radical (unpaired) electrons. The van der Waals surface area contributed by atoms with Gasteiger partial charge in [-0.05, 0) is 48.9 Å². The number of aryl methyl sites for hydroxylation is 2. The lowest BCUT2D eigenvalue weighted by Gasteiger charge is -2.13. The number of para-hydroxylation sites is 1. The monoisotopic (exact) mass is 400 g/mol. The number of hydrogen-bond donors (Lipinski definition) is 0. The highest BCUT2D eigenvalue weighted by molar-refractivity contribution is 6.32. The minimum Gasteiger partial charge on any atom is -0.296 e. The molecule has 4 rings (SSSR count). The Morgan fingerprint density at radius 3 is 2.31 bits per heavy atom. The number of benzene rings is 3. The van der Waals surface area contributed by atoms with Crippen LogP contribution in [-0.2, 0) is 7.05 Å². The van der Waals surface area contributed by atoms with Crippen LogP contribution in [0.25, 0.3) is 16.6 Å². The van der Waals surface area contributed by atoms with Gasteiger partial charge in [0.2, 0.25) is 0 Å². The summed E-state index contributed by atoms with van der Waals surface area (Å²) < 4.78 is 2.59. The van der Waals surface area contributed by atoms with Crippen LogP contribution in [0.5, 0.6) is 0 Å². The van der Waals surface area contributed by atoms with Gasteiger partial charge in [-0.25, -0.2) is 9.36 Å². The van der Waals surface area contributed by atoms with E-state index < -0.39 is 11.2 Å². The van der Waals surface area contributed by atoms with Crippen molar-refractivity contribution < 1.29 is 0 Å². The van der Waals surface area contributed by atoms with Crippen molar-refractivity contribution in [2.24, 2.45) is 7.05 Å². The molecule has 0 unspecified atom stereocenters. The average Bonchev–Trinajstić information content (AvgIpc) is 2.72. The topological polar surface area (TPSA) is 44.0 Å². The van der Waals surface area contributed by atoms with Gasteiger partial charge in [0.1, 0.15) is 0 Å². The van der Waals surface area contributed by atoms with Crippen LogP contribution in [0.2, 0.25) is 5.02 Å². The maximum atomic E-state index is 13.1. The van der Waals surface area contributed by atoms with Gasteiger partial charge in [-0.1, -0.05) is 53.8 Å². The lowest BCUT2D eigenvalue weighted by molar-refractivity contribution is 0.772. The van der Waals surface area contributed by atoms with Gasteiger partial charge < -0.3 is 0 Å². The molecule has 0 saturated heterocycles. The lowest BCUT2D eigenvalue weighted by Crippen LogP contribution is -2.38. The third kappa shape index (κ3) is 3.37. The second kappa shape index (κ2) is 7.46. The van der Waals surface area contributed by atoms with Crippen LogP contribution in [0.1, 0.15) is 16.7 Å². The van der Waals surface area contributed by atoms with Crippen molar-refractivity contribution in [2.75, 3.05) is 0 Å². The zero-order valence-electron chi connectivity index (χ0n) is 15.9. The Labute approximate surface area is 172 Å². The van der Waals surface area contributed by atoms with Gasteiger partial charge in [-0.15, -0.1) is 0 Å². The fourth-order valence-electron chi connectivity index (χ4n) is 3.37. The first-order valence-corrected chi connectivity index (χ1v) is 9.43. The van der Waals surface area contributed by atoms with Gasteiger partial charge in [-0.2, -0.15) is 0 Å². The normalized spacial score (nSPS) is 10.6. The number of halogens is 1. The van der Waals surface area contributed by atoms with E-state index in [2.05, 4.69) is 11.8 Å². The smallest absolute Gasteiger partial charge is 0.296 e. The largest absolute Gasteiger partial charge is 0.335 e. The highest BCUT2D eigenvalue weighted by Gasteiger charge is 2.15. The van der Waals surface area contributed by atoms with Crippen molar-refractivity contribution in [1.29, 1.82) is 0 Å². The second-order valence-electron chi connectivity index (χ2n) is 6.74. The molecule has 3 aromatic carbocycles. The van der Waals surface area contributed by atoms with Crippen molar-refractivity contribution in [3.8, 4) is 17.5 Å². The van der Waals surface area contributed by atoms with E-state index in [1.165, 1.54) is 4.57 Å². The molecule has 142 valence electrons. The maximum Gasteiger partial charge on any atom is 0.335 e. The van der Waals surface area contributed by atoms with Crippen LogP contribution < -0.4 is 11.2 Å².